The molecule has 5 nitrogen and oxygen atoms in total. The molecular formula is C15H18N2O3. The number of hydrogen-bond donors (Lipinski definition) is 2. The third-order valence-corrected chi connectivity index (χ3v) is 3.24. The first-order valence-electron chi connectivity index (χ1n) is 6.47. The van der Waals surface area contributed by atoms with Crippen molar-refractivity contribution in [3.05, 3.63) is 52.9 Å². The van der Waals surface area contributed by atoms with E-state index in [9.17, 15) is 9.90 Å². The molecule has 0 radical (unpaired) electrons. The second-order valence-electron chi connectivity index (χ2n) is 4.78. The maximum Gasteiger partial charge on any atom is 0.253 e. The van der Waals surface area contributed by atoms with Crippen molar-refractivity contribution in [1.82, 2.24) is 10.5 Å². The molecule has 0 saturated heterocycles. The molecule has 2 atom stereocenters. The quantitative estimate of drug-likeness (QED) is 0.896. The number of aliphatic hydroxyl groups excluding tert-OH is 1. The van der Waals surface area contributed by atoms with Crippen molar-refractivity contribution in [2.45, 2.75) is 32.9 Å². The molecular weight excluding hydrogens is 256 g/mol. The fraction of sp³-hybridized carbons (Fsp3) is 0.333. The molecule has 0 fully saturated rings. The number of benzene rings is 1. The minimum atomic E-state index is -1.18. The Kier molecular flexibility index (Phi) is 4.20. The normalized spacial score (nSPS) is 13.8. The van der Waals surface area contributed by atoms with Crippen LogP contribution in [0.1, 0.15) is 41.7 Å². The van der Waals surface area contributed by atoms with E-state index in [2.05, 4.69) is 10.5 Å². The number of aromatic nitrogens is 1. The topological polar surface area (TPSA) is 75.4 Å². The predicted molar refractivity (Wildman–Crippen MR) is 73.9 cm³/mol. The highest BCUT2D eigenvalue weighted by Gasteiger charge is 2.22. The summed E-state index contributed by atoms with van der Waals surface area (Å²) in [6.07, 6.45) is -1.18. The van der Waals surface area contributed by atoms with E-state index in [1.54, 1.807) is 31.2 Å². The van der Waals surface area contributed by atoms with Crippen LogP contribution in [0.5, 0.6) is 0 Å². The van der Waals surface area contributed by atoms with Crippen LogP contribution in [0.15, 0.2) is 34.9 Å². The molecule has 1 aromatic heterocycles. The zero-order chi connectivity index (χ0) is 14.7. The molecule has 20 heavy (non-hydrogen) atoms. The summed E-state index contributed by atoms with van der Waals surface area (Å²) in [6, 6.07) is 8.55. The molecule has 2 N–H and O–H groups in total. The lowest BCUT2D eigenvalue weighted by Crippen LogP contribution is -2.32. The van der Waals surface area contributed by atoms with Crippen molar-refractivity contribution >= 4 is 5.91 Å². The largest absolute Gasteiger partial charge is 0.378 e. The van der Waals surface area contributed by atoms with Crippen molar-refractivity contribution < 1.29 is 14.4 Å². The minimum absolute atomic E-state index is 0.271. The number of nitrogens with one attached hydrogen (secondary N) is 1. The zero-order valence-corrected chi connectivity index (χ0v) is 11.8. The maximum atomic E-state index is 12.1. The third-order valence-electron chi connectivity index (χ3n) is 3.24. The fourth-order valence-corrected chi connectivity index (χ4v) is 2.26. The lowest BCUT2D eigenvalue weighted by molar-refractivity contribution is -0.130. The molecule has 2 aromatic rings. The van der Waals surface area contributed by atoms with Gasteiger partial charge < -0.3 is 14.9 Å². The second-order valence-corrected chi connectivity index (χ2v) is 4.78. The van der Waals surface area contributed by atoms with Gasteiger partial charge in [-0.3, -0.25) is 4.79 Å². The van der Waals surface area contributed by atoms with Crippen LogP contribution >= 0.6 is 0 Å². The number of hydrogen-bond acceptors (Lipinski definition) is 4. The highest BCUT2D eigenvalue weighted by Crippen LogP contribution is 2.22. The molecule has 1 aromatic carbocycles. The Labute approximate surface area is 117 Å². The number of carbonyl (C=O) groups excluding carboxylic acids is 1. The van der Waals surface area contributed by atoms with Crippen molar-refractivity contribution in [3.63, 3.8) is 0 Å². The molecule has 0 aliphatic rings. The first-order valence-corrected chi connectivity index (χ1v) is 6.47. The van der Waals surface area contributed by atoms with Crippen molar-refractivity contribution in [2.75, 3.05) is 0 Å². The summed E-state index contributed by atoms with van der Waals surface area (Å²) >= 11 is 0. The molecule has 106 valence electrons. The van der Waals surface area contributed by atoms with Crippen LogP contribution in [0.2, 0.25) is 0 Å². The van der Waals surface area contributed by atoms with E-state index in [0.29, 0.717) is 11.3 Å². The van der Waals surface area contributed by atoms with E-state index in [-0.39, 0.29) is 6.04 Å². The third kappa shape index (κ3) is 2.88. The monoisotopic (exact) mass is 274 g/mol. The van der Waals surface area contributed by atoms with Gasteiger partial charge in [-0.2, -0.15) is 0 Å². The van der Waals surface area contributed by atoms with Crippen molar-refractivity contribution in [1.29, 1.82) is 0 Å². The van der Waals surface area contributed by atoms with E-state index in [1.165, 1.54) is 0 Å². The van der Waals surface area contributed by atoms with Crippen molar-refractivity contribution in [2.24, 2.45) is 0 Å². The summed E-state index contributed by atoms with van der Waals surface area (Å²) < 4.78 is 5.08. The minimum Gasteiger partial charge on any atom is -0.378 e. The second kappa shape index (κ2) is 5.88. The van der Waals surface area contributed by atoms with Crippen LogP contribution in [0.3, 0.4) is 0 Å². The lowest BCUT2D eigenvalue weighted by Gasteiger charge is -2.17. The van der Waals surface area contributed by atoms with Crippen LogP contribution in [0, 0.1) is 13.8 Å². The SMILES string of the molecule is Cc1noc(C)c1C(C)NC(=O)C(O)c1ccccc1. The van der Waals surface area contributed by atoms with E-state index < -0.39 is 12.0 Å². The predicted octanol–water partition coefficient (Wildman–Crippen LogP) is 2.20. The van der Waals surface area contributed by atoms with Gasteiger partial charge in [-0.05, 0) is 26.3 Å². The molecule has 5 heteroatoms. The standard InChI is InChI=1S/C15H18N2O3/c1-9(13-10(2)17-20-11(13)3)16-15(19)14(18)12-7-5-4-6-8-12/h4-9,14,18H,1-3H3,(H,16,19). The lowest BCUT2D eigenvalue weighted by atomic mass is 10.1. The van der Waals surface area contributed by atoms with Gasteiger partial charge in [-0.25, -0.2) is 0 Å². The van der Waals surface area contributed by atoms with Crippen LogP contribution in [-0.4, -0.2) is 16.2 Å². The van der Waals surface area contributed by atoms with Gasteiger partial charge in [0, 0.05) is 5.56 Å². The fourth-order valence-electron chi connectivity index (χ4n) is 2.26. The summed E-state index contributed by atoms with van der Waals surface area (Å²) in [5, 5.41) is 16.7. The summed E-state index contributed by atoms with van der Waals surface area (Å²) in [4.78, 5) is 12.1. The van der Waals surface area contributed by atoms with Crippen LogP contribution in [-0.2, 0) is 4.79 Å². The first kappa shape index (κ1) is 14.3. The van der Waals surface area contributed by atoms with Gasteiger partial charge in [-0.1, -0.05) is 35.5 Å². The number of carbonyl (C=O) groups is 1. The van der Waals surface area contributed by atoms with Gasteiger partial charge in [0.05, 0.1) is 11.7 Å². The summed E-state index contributed by atoms with van der Waals surface area (Å²) in [7, 11) is 0. The Morgan fingerprint density at radius 3 is 2.50 bits per heavy atom. The summed E-state index contributed by atoms with van der Waals surface area (Å²) in [5.74, 6) is 0.230. The Morgan fingerprint density at radius 1 is 1.30 bits per heavy atom. The van der Waals surface area contributed by atoms with Crippen LogP contribution < -0.4 is 5.32 Å². The Balaban J connectivity index is 2.08. The Morgan fingerprint density at radius 2 is 1.95 bits per heavy atom. The Bertz CT molecular complexity index is 573. The Hall–Kier alpha value is -2.14. The molecule has 1 amide bonds. The van der Waals surface area contributed by atoms with Gasteiger partial charge >= 0.3 is 0 Å². The molecule has 0 spiro atoms. The number of amides is 1. The van der Waals surface area contributed by atoms with E-state index in [1.807, 2.05) is 19.9 Å². The highest BCUT2D eigenvalue weighted by atomic mass is 16.5. The van der Waals surface area contributed by atoms with E-state index in [0.717, 1.165) is 11.3 Å². The molecule has 0 bridgehead atoms. The average Bonchev–Trinajstić information content (AvgIpc) is 2.78. The number of nitrogens with zero attached hydrogens (tertiary/aromatic N) is 1. The van der Waals surface area contributed by atoms with Gasteiger partial charge in [0.2, 0.25) is 0 Å². The highest BCUT2D eigenvalue weighted by molar-refractivity contribution is 5.82. The first-order chi connectivity index (χ1) is 9.50. The van der Waals surface area contributed by atoms with E-state index >= 15 is 0 Å². The van der Waals surface area contributed by atoms with E-state index in [4.69, 9.17) is 4.52 Å². The molecule has 0 aliphatic carbocycles. The molecule has 2 rings (SSSR count). The van der Waals surface area contributed by atoms with Crippen molar-refractivity contribution in [3.8, 4) is 0 Å². The summed E-state index contributed by atoms with van der Waals surface area (Å²) in [5.41, 5.74) is 2.15. The van der Waals surface area contributed by atoms with Gasteiger partial charge in [-0.15, -0.1) is 0 Å². The molecule has 0 aliphatic heterocycles. The molecule has 2 unspecified atom stereocenters. The number of rotatable bonds is 4. The number of aryl methyl sites for hydroxylation is 2. The molecule has 0 saturated carbocycles. The van der Waals surface area contributed by atoms with Crippen LogP contribution in [0.4, 0.5) is 0 Å². The van der Waals surface area contributed by atoms with Crippen LogP contribution in [0.25, 0.3) is 0 Å². The summed E-state index contributed by atoms with van der Waals surface area (Å²) in [6.45, 7) is 5.45. The van der Waals surface area contributed by atoms with Gasteiger partial charge in [0.1, 0.15) is 5.76 Å². The number of aliphatic hydroxyl groups is 1. The van der Waals surface area contributed by atoms with Gasteiger partial charge in [0.25, 0.3) is 5.91 Å². The zero-order valence-electron chi connectivity index (χ0n) is 11.8. The van der Waals surface area contributed by atoms with Gasteiger partial charge in [0.15, 0.2) is 6.10 Å². The molecule has 1 heterocycles. The average molecular weight is 274 g/mol. The maximum absolute atomic E-state index is 12.1. The smallest absolute Gasteiger partial charge is 0.253 e.